The number of nitrogens with zero attached hydrogens (tertiary/aromatic N) is 3. The number of rotatable bonds is 5. The minimum absolute atomic E-state index is 0.195. The van der Waals surface area contributed by atoms with Gasteiger partial charge >= 0.3 is 0 Å². The molecule has 1 aromatic heterocycles. The van der Waals surface area contributed by atoms with Gasteiger partial charge in [0.25, 0.3) is 0 Å². The summed E-state index contributed by atoms with van der Waals surface area (Å²) in [5.41, 5.74) is 0. The lowest BCUT2D eigenvalue weighted by Gasteiger charge is -2.21. The smallest absolute Gasteiger partial charge is 0.137 e. The van der Waals surface area contributed by atoms with Crippen LogP contribution < -0.4 is 4.74 Å². The summed E-state index contributed by atoms with van der Waals surface area (Å²) in [4.78, 5) is 6.10. The predicted octanol–water partition coefficient (Wildman–Crippen LogP) is 1.07. The quantitative estimate of drug-likeness (QED) is 0.728. The summed E-state index contributed by atoms with van der Waals surface area (Å²) in [6, 6.07) is 6.14. The third-order valence-electron chi connectivity index (χ3n) is 3.17. The van der Waals surface area contributed by atoms with Crippen LogP contribution in [0.3, 0.4) is 0 Å². The molecule has 5 nitrogen and oxygen atoms in total. The summed E-state index contributed by atoms with van der Waals surface area (Å²) in [7, 11) is 1.71. The minimum atomic E-state index is 0.195. The Labute approximate surface area is 107 Å². The van der Waals surface area contributed by atoms with E-state index in [2.05, 4.69) is 16.0 Å². The van der Waals surface area contributed by atoms with E-state index in [-0.39, 0.29) is 12.1 Å². The van der Waals surface area contributed by atoms with Gasteiger partial charge in [-0.1, -0.05) is 0 Å². The van der Waals surface area contributed by atoms with Gasteiger partial charge in [0.15, 0.2) is 0 Å². The van der Waals surface area contributed by atoms with Crippen LogP contribution in [0.2, 0.25) is 0 Å². The fourth-order valence-electron chi connectivity index (χ4n) is 2.19. The predicted molar refractivity (Wildman–Crippen MR) is 66.1 cm³/mol. The average molecular weight is 247 g/mol. The van der Waals surface area contributed by atoms with Gasteiger partial charge < -0.3 is 9.47 Å². The third-order valence-corrected chi connectivity index (χ3v) is 3.17. The van der Waals surface area contributed by atoms with Crippen molar-refractivity contribution in [3.05, 3.63) is 24.5 Å². The van der Waals surface area contributed by atoms with Crippen LogP contribution >= 0.6 is 0 Å². The van der Waals surface area contributed by atoms with Crippen molar-refractivity contribution in [2.24, 2.45) is 0 Å². The lowest BCUT2D eigenvalue weighted by Crippen LogP contribution is -2.34. The molecule has 1 saturated heterocycles. The highest BCUT2D eigenvalue weighted by Gasteiger charge is 2.32. The molecule has 0 spiro atoms. The first-order chi connectivity index (χ1) is 8.83. The van der Waals surface area contributed by atoms with E-state index < -0.39 is 0 Å². The van der Waals surface area contributed by atoms with Gasteiger partial charge in [0.05, 0.1) is 24.9 Å². The van der Waals surface area contributed by atoms with E-state index in [9.17, 15) is 0 Å². The van der Waals surface area contributed by atoms with Crippen LogP contribution in [0.25, 0.3) is 0 Å². The van der Waals surface area contributed by atoms with Crippen LogP contribution in [0, 0.1) is 11.3 Å². The highest BCUT2D eigenvalue weighted by atomic mass is 16.5. The van der Waals surface area contributed by atoms with Crippen molar-refractivity contribution in [3.8, 4) is 11.8 Å². The Balaban J connectivity index is 1.89. The largest absolute Gasteiger partial charge is 0.490 e. The van der Waals surface area contributed by atoms with Gasteiger partial charge in [0.2, 0.25) is 0 Å². The van der Waals surface area contributed by atoms with Gasteiger partial charge in [0.1, 0.15) is 12.4 Å². The Morgan fingerprint density at radius 1 is 1.61 bits per heavy atom. The fraction of sp³-hybridized carbons (Fsp3) is 0.538. The SMILES string of the molecule is CO[C@@H]1C[C@@H](COc2cccnc2)N(CC#N)C1. The standard InChI is InChI=1S/C13H17N3O2/c1-17-13-7-11(16(9-13)6-4-14)10-18-12-3-2-5-15-8-12/h2-3,5,8,11,13H,6-7,9-10H2,1H3/t11-,13+/m0/s1. The molecule has 2 rings (SSSR count). The van der Waals surface area contributed by atoms with Gasteiger partial charge in [-0.25, -0.2) is 0 Å². The Morgan fingerprint density at radius 3 is 3.17 bits per heavy atom. The third kappa shape index (κ3) is 3.19. The van der Waals surface area contributed by atoms with E-state index in [1.807, 2.05) is 12.1 Å². The summed E-state index contributed by atoms with van der Waals surface area (Å²) in [6.07, 6.45) is 4.50. The van der Waals surface area contributed by atoms with Crippen LogP contribution in [0.1, 0.15) is 6.42 Å². The van der Waals surface area contributed by atoms with Gasteiger partial charge in [-0.05, 0) is 18.6 Å². The van der Waals surface area contributed by atoms with Crippen molar-refractivity contribution in [2.45, 2.75) is 18.6 Å². The summed E-state index contributed by atoms with van der Waals surface area (Å²) in [6.45, 7) is 1.78. The highest BCUT2D eigenvalue weighted by molar-refractivity contribution is 5.15. The molecule has 1 aliphatic heterocycles. The number of hydrogen-bond donors (Lipinski definition) is 0. The summed E-state index contributed by atoms with van der Waals surface area (Å²) in [5, 5.41) is 8.81. The topological polar surface area (TPSA) is 58.4 Å². The molecule has 0 bridgehead atoms. The Morgan fingerprint density at radius 2 is 2.50 bits per heavy atom. The summed E-state index contributed by atoms with van der Waals surface area (Å²) >= 11 is 0. The molecule has 1 aromatic rings. The molecule has 0 unspecified atom stereocenters. The molecule has 5 heteroatoms. The Hall–Kier alpha value is -1.64. The van der Waals surface area contributed by atoms with Crippen LogP contribution in [0.5, 0.6) is 5.75 Å². The zero-order valence-electron chi connectivity index (χ0n) is 10.5. The number of hydrogen-bond acceptors (Lipinski definition) is 5. The fourth-order valence-corrected chi connectivity index (χ4v) is 2.19. The van der Waals surface area contributed by atoms with E-state index in [1.165, 1.54) is 0 Å². The highest BCUT2D eigenvalue weighted by Crippen LogP contribution is 2.20. The molecule has 0 saturated carbocycles. The normalized spacial score (nSPS) is 23.8. The molecular weight excluding hydrogens is 230 g/mol. The van der Waals surface area contributed by atoms with Crippen molar-refractivity contribution in [1.29, 1.82) is 5.26 Å². The molecule has 2 atom stereocenters. The van der Waals surface area contributed by atoms with Gasteiger partial charge in [0, 0.05) is 25.9 Å². The number of aromatic nitrogens is 1. The van der Waals surface area contributed by atoms with E-state index >= 15 is 0 Å². The first-order valence-electron chi connectivity index (χ1n) is 6.00. The maximum Gasteiger partial charge on any atom is 0.137 e. The summed E-state index contributed by atoms with van der Waals surface area (Å²) in [5.74, 6) is 0.760. The number of pyridine rings is 1. The van der Waals surface area contributed by atoms with Crippen LogP contribution in [0.15, 0.2) is 24.5 Å². The summed E-state index contributed by atoms with van der Waals surface area (Å²) < 4.78 is 11.0. The van der Waals surface area contributed by atoms with Crippen LogP contribution in [-0.2, 0) is 4.74 Å². The molecule has 0 aromatic carbocycles. The second-order valence-electron chi connectivity index (χ2n) is 4.33. The molecule has 1 aliphatic rings. The van der Waals surface area contributed by atoms with Crippen LogP contribution in [0.4, 0.5) is 0 Å². The zero-order chi connectivity index (χ0) is 12.8. The second kappa shape index (κ2) is 6.34. The molecule has 0 amide bonds. The van der Waals surface area contributed by atoms with Crippen molar-refractivity contribution >= 4 is 0 Å². The van der Waals surface area contributed by atoms with Crippen molar-refractivity contribution in [3.63, 3.8) is 0 Å². The molecule has 1 fully saturated rings. The molecule has 0 radical (unpaired) electrons. The number of ether oxygens (including phenoxy) is 2. The zero-order valence-corrected chi connectivity index (χ0v) is 10.5. The first kappa shape index (κ1) is 12.8. The number of methoxy groups -OCH3 is 1. The molecule has 96 valence electrons. The van der Waals surface area contributed by atoms with E-state index in [4.69, 9.17) is 14.7 Å². The van der Waals surface area contributed by atoms with Crippen molar-refractivity contribution in [2.75, 3.05) is 26.8 Å². The lowest BCUT2D eigenvalue weighted by atomic mass is 10.2. The monoisotopic (exact) mass is 247 g/mol. The van der Waals surface area contributed by atoms with E-state index in [1.54, 1.807) is 19.5 Å². The number of likely N-dealkylation sites (tertiary alicyclic amines) is 1. The Bertz CT molecular complexity index is 404. The molecule has 18 heavy (non-hydrogen) atoms. The van der Waals surface area contributed by atoms with Gasteiger partial charge in [-0.15, -0.1) is 0 Å². The number of nitriles is 1. The van der Waals surface area contributed by atoms with Gasteiger partial charge in [-0.3, -0.25) is 9.88 Å². The van der Waals surface area contributed by atoms with Crippen molar-refractivity contribution < 1.29 is 9.47 Å². The lowest BCUT2D eigenvalue weighted by molar-refractivity contribution is 0.110. The maximum atomic E-state index is 8.81. The molecular formula is C13H17N3O2. The maximum absolute atomic E-state index is 8.81. The molecule has 0 aliphatic carbocycles. The van der Waals surface area contributed by atoms with E-state index in [0.717, 1.165) is 18.7 Å². The van der Waals surface area contributed by atoms with Crippen molar-refractivity contribution in [1.82, 2.24) is 9.88 Å². The molecule has 0 N–H and O–H groups in total. The second-order valence-corrected chi connectivity index (χ2v) is 4.33. The average Bonchev–Trinajstić information content (AvgIpc) is 2.81. The van der Waals surface area contributed by atoms with E-state index in [0.29, 0.717) is 13.2 Å². The van der Waals surface area contributed by atoms with Crippen LogP contribution in [-0.4, -0.2) is 48.8 Å². The van der Waals surface area contributed by atoms with Gasteiger partial charge in [-0.2, -0.15) is 5.26 Å². The molecule has 2 heterocycles. The first-order valence-corrected chi connectivity index (χ1v) is 6.00. The minimum Gasteiger partial charge on any atom is -0.490 e. The Kier molecular flexibility index (Phi) is 4.51.